The predicted molar refractivity (Wildman–Crippen MR) is 60.8 cm³/mol. The number of hydrogen-bond acceptors (Lipinski definition) is 2. The summed E-state index contributed by atoms with van der Waals surface area (Å²) in [5.41, 5.74) is 1.05. The number of ether oxygens (including phenoxy) is 1. The molecule has 0 bridgehead atoms. The lowest BCUT2D eigenvalue weighted by atomic mass is 9.87. The molecule has 0 radical (unpaired) electrons. The standard InChI is InChI=1S/C13H17NO/c1-4-10(2)13(9-14)11-6-5-7-12(8-11)15-3/h5-8,10,13H,4H2,1-3H3. The van der Waals surface area contributed by atoms with Crippen molar-refractivity contribution in [3.05, 3.63) is 29.8 Å². The lowest BCUT2D eigenvalue weighted by molar-refractivity contribution is 0.413. The Morgan fingerprint density at radius 2 is 2.20 bits per heavy atom. The topological polar surface area (TPSA) is 33.0 Å². The van der Waals surface area contributed by atoms with Crippen LogP contribution in [0.1, 0.15) is 31.7 Å². The molecule has 0 spiro atoms. The minimum atomic E-state index is -0.0369. The first-order chi connectivity index (χ1) is 7.22. The van der Waals surface area contributed by atoms with Crippen molar-refractivity contribution >= 4 is 0 Å². The third-order valence-corrected chi connectivity index (χ3v) is 2.80. The van der Waals surface area contributed by atoms with E-state index < -0.39 is 0 Å². The van der Waals surface area contributed by atoms with Gasteiger partial charge in [-0.3, -0.25) is 0 Å². The van der Waals surface area contributed by atoms with E-state index in [0.29, 0.717) is 5.92 Å². The third-order valence-electron chi connectivity index (χ3n) is 2.80. The fourth-order valence-electron chi connectivity index (χ4n) is 1.60. The van der Waals surface area contributed by atoms with E-state index in [1.54, 1.807) is 7.11 Å². The van der Waals surface area contributed by atoms with Gasteiger partial charge in [0.1, 0.15) is 5.75 Å². The zero-order chi connectivity index (χ0) is 11.3. The monoisotopic (exact) mass is 203 g/mol. The van der Waals surface area contributed by atoms with E-state index in [1.807, 2.05) is 24.3 Å². The number of hydrogen-bond donors (Lipinski definition) is 0. The summed E-state index contributed by atoms with van der Waals surface area (Å²) in [6.45, 7) is 4.21. The van der Waals surface area contributed by atoms with E-state index in [0.717, 1.165) is 17.7 Å². The molecule has 0 saturated heterocycles. The van der Waals surface area contributed by atoms with Crippen molar-refractivity contribution in [1.82, 2.24) is 0 Å². The van der Waals surface area contributed by atoms with Crippen LogP contribution in [0, 0.1) is 17.2 Å². The third kappa shape index (κ3) is 2.73. The van der Waals surface area contributed by atoms with Crippen LogP contribution in [-0.4, -0.2) is 7.11 Å². The number of benzene rings is 1. The molecule has 1 aromatic carbocycles. The minimum absolute atomic E-state index is 0.0369. The molecular weight excluding hydrogens is 186 g/mol. The van der Waals surface area contributed by atoms with Crippen LogP contribution in [0.25, 0.3) is 0 Å². The molecule has 2 nitrogen and oxygen atoms in total. The van der Waals surface area contributed by atoms with Crippen molar-refractivity contribution in [2.45, 2.75) is 26.2 Å². The molecule has 2 unspecified atom stereocenters. The van der Waals surface area contributed by atoms with Crippen molar-refractivity contribution in [2.24, 2.45) is 5.92 Å². The lowest BCUT2D eigenvalue weighted by Crippen LogP contribution is -2.06. The van der Waals surface area contributed by atoms with Gasteiger partial charge >= 0.3 is 0 Å². The summed E-state index contributed by atoms with van der Waals surface area (Å²) in [7, 11) is 1.64. The van der Waals surface area contributed by atoms with Crippen LogP contribution in [0.4, 0.5) is 0 Å². The predicted octanol–water partition coefficient (Wildman–Crippen LogP) is 3.35. The van der Waals surface area contributed by atoms with Gasteiger partial charge < -0.3 is 4.74 Å². The van der Waals surface area contributed by atoms with Gasteiger partial charge in [-0.2, -0.15) is 5.26 Å². The first-order valence-corrected chi connectivity index (χ1v) is 5.26. The highest BCUT2D eigenvalue weighted by Gasteiger charge is 2.17. The molecule has 0 aromatic heterocycles. The fraction of sp³-hybridized carbons (Fsp3) is 0.462. The van der Waals surface area contributed by atoms with Gasteiger partial charge in [0, 0.05) is 0 Å². The summed E-state index contributed by atoms with van der Waals surface area (Å²) in [6.07, 6.45) is 1.01. The second-order valence-electron chi connectivity index (χ2n) is 3.77. The SMILES string of the molecule is CCC(C)C(C#N)c1cccc(OC)c1. The van der Waals surface area contributed by atoms with Crippen molar-refractivity contribution in [1.29, 1.82) is 5.26 Å². The van der Waals surface area contributed by atoms with Gasteiger partial charge in [0.2, 0.25) is 0 Å². The molecule has 1 aromatic rings. The van der Waals surface area contributed by atoms with Gasteiger partial charge in [-0.05, 0) is 23.6 Å². The average molecular weight is 203 g/mol. The van der Waals surface area contributed by atoms with Crippen molar-refractivity contribution in [3.8, 4) is 11.8 Å². The van der Waals surface area contributed by atoms with Crippen LogP contribution in [0.5, 0.6) is 5.75 Å². The summed E-state index contributed by atoms with van der Waals surface area (Å²) < 4.78 is 5.15. The van der Waals surface area contributed by atoms with Gasteiger partial charge in [0.15, 0.2) is 0 Å². The maximum Gasteiger partial charge on any atom is 0.119 e. The summed E-state index contributed by atoms with van der Waals surface area (Å²) >= 11 is 0. The smallest absolute Gasteiger partial charge is 0.119 e. The van der Waals surface area contributed by atoms with Crippen LogP contribution in [0.15, 0.2) is 24.3 Å². The molecule has 0 heterocycles. The molecule has 0 saturated carbocycles. The Hall–Kier alpha value is -1.49. The Morgan fingerprint density at radius 1 is 1.47 bits per heavy atom. The first-order valence-electron chi connectivity index (χ1n) is 5.26. The second-order valence-corrected chi connectivity index (χ2v) is 3.77. The summed E-state index contributed by atoms with van der Waals surface area (Å²) in [5, 5.41) is 9.15. The van der Waals surface area contributed by atoms with Gasteiger partial charge in [-0.1, -0.05) is 32.4 Å². The highest BCUT2D eigenvalue weighted by atomic mass is 16.5. The molecule has 0 N–H and O–H groups in total. The molecule has 0 fully saturated rings. The average Bonchev–Trinajstić information content (AvgIpc) is 2.30. The van der Waals surface area contributed by atoms with Crippen LogP contribution in [0.3, 0.4) is 0 Å². The molecule has 0 aliphatic rings. The molecule has 80 valence electrons. The molecular formula is C13H17NO. The first kappa shape index (κ1) is 11.6. The van der Waals surface area contributed by atoms with Crippen LogP contribution >= 0.6 is 0 Å². The quantitative estimate of drug-likeness (QED) is 0.751. The number of methoxy groups -OCH3 is 1. The molecule has 0 amide bonds. The van der Waals surface area contributed by atoms with E-state index in [4.69, 9.17) is 10.00 Å². The van der Waals surface area contributed by atoms with Gasteiger partial charge in [-0.15, -0.1) is 0 Å². The molecule has 2 atom stereocenters. The van der Waals surface area contributed by atoms with Gasteiger partial charge in [0.25, 0.3) is 0 Å². The normalized spacial score (nSPS) is 14.0. The molecule has 0 aliphatic carbocycles. The van der Waals surface area contributed by atoms with E-state index in [1.165, 1.54) is 0 Å². The number of rotatable bonds is 4. The van der Waals surface area contributed by atoms with Crippen LogP contribution < -0.4 is 4.74 Å². The Bertz CT molecular complexity index is 354. The Kier molecular flexibility index (Phi) is 4.17. The van der Waals surface area contributed by atoms with E-state index >= 15 is 0 Å². The Labute approximate surface area is 91.5 Å². The minimum Gasteiger partial charge on any atom is -0.497 e. The largest absolute Gasteiger partial charge is 0.497 e. The molecule has 2 heteroatoms. The second kappa shape index (κ2) is 5.41. The van der Waals surface area contributed by atoms with Gasteiger partial charge in [-0.25, -0.2) is 0 Å². The van der Waals surface area contributed by atoms with E-state index in [9.17, 15) is 0 Å². The van der Waals surface area contributed by atoms with Crippen molar-refractivity contribution in [3.63, 3.8) is 0 Å². The Balaban J connectivity index is 2.97. The maximum atomic E-state index is 9.15. The molecule has 0 aliphatic heterocycles. The zero-order valence-corrected chi connectivity index (χ0v) is 9.53. The van der Waals surface area contributed by atoms with E-state index in [2.05, 4.69) is 19.9 Å². The summed E-state index contributed by atoms with van der Waals surface area (Å²) in [4.78, 5) is 0. The lowest BCUT2D eigenvalue weighted by Gasteiger charge is -2.16. The van der Waals surface area contributed by atoms with Crippen LogP contribution in [0.2, 0.25) is 0 Å². The highest BCUT2D eigenvalue weighted by Crippen LogP contribution is 2.28. The van der Waals surface area contributed by atoms with Crippen molar-refractivity contribution < 1.29 is 4.74 Å². The van der Waals surface area contributed by atoms with Gasteiger partial charge in [0.05, 0.1) is 19.1 Å². The summed E-state index contributed by atoms with van der Waals surface area (Å²) in [6, 6.07) is 10.1. The molecule has 15 heavy (non-hydrogen) atoms. The van der Waals surface area contributed by atoms with Crippen molar-refractivity contribution in [2.75, 3.05) is 7.11 Å². The Morgan fingerprint density at radius 3 is 2.73 bits per heavy atom. The number of nitrogens with zero attached hydrogens (tertiary/aromatic N) is 1. The van der Waals surface area contributed by atoms with Crippen LogP contribution in [-0.2, 0) is 0 Å². The number of nitriles is 1. The fourth-order valence-corrected chi connectivity index (χ4v) is 1.60. The summed E-state index contributed by atoms with van der Waals surface area (Å²) in [5.74, 6) is 1.16. The zero-order valence-electron chi connectivity index (χ0n) is 9.53. The van der Waals surface area contributed by atoms with E-state index in [-0.39, 0.29) is 5.92 Å². The maximum absolute atomic E-state index is 9.15. The highest BCUT2D eigenvalue weighted by molar-refractivity contribution is 5.33. The molecule has 1 rings (SSSR count).